The van der Waals surface area contributed by atoms with Gasteiger partial charge in [-0.2, -0.15) is 0 Å². The third kappa shape index (κ3) is 5.11. The number of anilines is 2. The number of carboxylic acids is 1. The van der Waals surface area contributed by atoms with Crippen molar-refractivity contribution in [1.82, 2.24) is 9.88 Å². The van der Waals surface area contributed by atoms with Crippen LogP contribution in [-0.2, 0) is 4.74 Å². The van der Waals surface area contributed by atoms with Gasteiger partial charge in [-0.15, -0.1) is 0 Å². The van der Waals surface area contributed by atoms with Crippen molar-refractivity contribution < 1.29 is 24.2 Å². The first-order valence-corrected chi connectivity index (χ1v) is 9.62. The number of nitrogens with zero attached hydrogens (tertiary/aromatic N) is 3. The van der Waals surface area contributed by atoms with Crippen molar-refractivity contribution in [3.63, 3.8) is 0 Å². The molecule has 1 aliphatic rings. The summed E-state index contributed by atoms with van der Waals surface area (Å²) < 4.78 is 11.2. The minimum atomic E-state index is -1.08. The van der Waals surface area contributed by atoms with Crippen LogP contribution in [0, 0.1) is 0 Å². The summed E-state index contributed by atoms with van der Waals surface area (Å²) in [5.74, 6) is -0.146. The average molecular weight is 414 g/mol. The fraction of sp³-hybridized carbons (Fsp3) is 0.381. The molecule has 9 heteroatoms. The van der Waals surface area contributed by atoms with Crippen LogP contribution in [0.2, 0.25) is 0 Å². The van der Waals surface area contributed by atoms with E-state index in [2.05, 4.69) is 4.98 Å². The largest absolute Gasteiger partial charge is 0.478 e. The number of aromatic carboxylic acids is 1. The van der Waals surface area contributed by atoms with E-state index in [9.17, 15) is 14.7 Å². The SMILES string of the molecule is CC(C)(C)OC(=O)N1CCN(c2cc(Oc3ccccc3C(=O)O)cnc2N)CC1. The Hall–Kier alpha value is -3.49. The second-order valence-electron chi connectivity index (χ2n) is 7.93. The molecule has 1 amide bonds. The molecule has 2 aromatic rings. The highest BCUT2D eigenvalue weighted by atomic mass is 16.6. The Kier molecular flexibility index (Phi) is 6.00. The maximum atomic E-state index is 12.2. The molecule has 0 unspecified atom stereocenters. The monoisotopic (exact) mass is 414 g/mol. The van der Waals surface area contributed by atoms with Crippen LogP contribution in [0.5, 0.6) is 11.5 Å². The van der Waals surface area contributed by atoms with Crippen molar-refractivity contribution in [2.45, 2.75) is 26.4 Å². The molecule has 0 atom stereocenters. The van der Waals surface area contributed by atoms with E-state index in [4.69, 9.17) is 15.2 Å². The molecule has 0 bridgehead atoms. The molecule has 160 valence electrons. The van der Waals surface area contributed by atoms with E-state index < -0.39 is 11.6 Å². The molecular formula is C21H26N4O5. The Morgan fingerprint density at radius 2 is 1.80 bits per heavy atom. The predicted molar refractivity (Wildman–Crippen MR) is 112 cm³/mol. The molecule has 9 nitrogen and oxygen atoms in total. The van der Waals surface area contributed by atoms with E-state index in [1.54, 1.807) is 29.2 Å². The Labute approximate surface area is 175 Å². The highest BCUT2D eigenvalue weighted by Crippen LogP contribution is 2.31. The second kappa shape index (κ2) is 8.48. The number of amides is 1. The van der Waals surface area contributed by atoms with Crippen molar-refractivity contribution >= 4 is 23.6 Å². The molecule has 30 heavy (non-hydrogen) atoms. The lowest BCUT2D eigenvalue weighted by Crippen LogP contribution is -2.50. The zero-order valence-electron chi connectivity index (χ0n) is 17.3. The number of rotatable bonds is 4. The van der Waals surface area contributed by atoms with Gasteiger partial charge in [-0.25, -0.2) is 14.6 Å². The summed E-state index contributed by atoms with van der Waals surface area (Å²) in [7, 11) is 0. The lowest BCUT2D eigenvalue weighted by atomic mass is 10.2. The highest BCUT2D eigenvalue weighted by molar-refractivity contribution is 5.91. The standard InChI is InChI=1S/C21H26N4O5/c1-21(2,3)30-20(28)25-10-8-24(9-11-25)16-12-14(13-23-18(16)22)29-17-7-5-4-6-15(17)19(26)27/h4-7,12-13H,8-11H2,1-3H3,(H2,22,23)(H,26,27). The maximum Gasteiger partial charge on any atom is 0.410 e. The maximum absolute atomic E-state index is 12.2. The third-order valence-electron chi connectivity index (χ3n) is 4.49. The number of carboxylic acid groups (broad SMARTS) is 1. The van der Waals surface area contributed by atoms with Gasteiger partial charge >= 0.3 is 12.1 Å². The van der Waals surface area contributed by atoms with Crippen molar-refractivity contribution in [2.75, 3.05) is 36.8 Å². The number of hydrogen-bond acceptors (Lipinski definition) is 7. The van der Waals surface area contributed by atoms with Crippen LogP contribution in [0.1, 0.15) is 31.1 Å². The van der Waals surface area contributed by atoms with E-state index in [0.717, 1.165) is 0 Å². The number of nitrogens with two attached hydrogens (primary N) is 1. The highest BCUT2D eigenvalue weighted by Gasteiger charge is 2.27. The van der Waals surface area contributed by atoms with Gasteiger partial charge in [0.15, 0.2) is 0 Å². The van der Waals surface area contributed by atoms with Crippen molar-refractivity contribution in [3.8, 4) is 11.5 Å². The van der Waals surface area contributed by atoms with Gasteiger partial charge in [0, 0.05) is 32.2 Å². The van der Waals surface area contributed by atoms with Gasteiger partial charge in [-0.3, -0.25) is 0 Å². The van der Waals surface area contributed by atoms with Gasteiger partial charge in [0.2, 0.25) is 0 Å². The molecule has 1 aromatic heterocycles. The minimum absolute atomic E-state index is 0.0573. The summed E-state index contributed by atoms with van der Waals surface area (Å²) >= 11 is 0. The molecule has 1 fully saturated rings. The summed E-state index contributed by atoms with van der Waals surface area (Å²) in [4.78, 5) is 31.5. The molecule has 0 spiro atoms. The number of nitrogen functional groups attached to an aromatic ring is 1. The van der Waals surface area contributed by atoms with Gasteiger partial charge in [-0.1, -0.05) is 12.1 Å². The Balaban J connectivity index is 1.71. The normalized spacial score (nSPS) is 14.4. The van der Waals surface area contributed by atoms with Gasteiger partial charge < -0.3 is 30.1 Å². The summed E-state index contributed by atoms with van der Waals surface area (Å²) in [6.45, 7) is 7.59. The zero-order chi connectivity index (χ0) is 21.9. The number of ether oxygens (including phenoxy) is 2. The Morgan fingerprint density at radius 3 is 2.43 bits per heavy atom. The number of hydrogen-bond donors (Lipinski definition) is 2. The number of carbonyl (C=O) groups excluding carboxylic acids is 1. The average Bonchev–Trinajstić information content (AvgIpc) is 2.68. The summed E-state index contributed by atoms with van der Waals surface area (Å²) in [5, 5.41) is 9.32. The molecule has 0 aliphatic carbocycles. The number of para-hydroxylation sites is 1. The van der Waals surface area contributed by atoms with Gasteiger partial charge in [0.25, 0.3) is 0 Å². The van der Waals surface area contributed by atoms with Crippen LogP contribution >= 0.6 is 0 Å². The smallest absolute Gasteiger partial charge is 0.410 e. The Morgan fingerprint density at radius 1 is 1.13 bits per heavy atom. The molecule has 2 heterocycles. The summed E-state index contributed by atoms with van der Waals surface area (Å²) in [6, 6.07) is 8.11. The predicted octanol–water partition coefficient (Wildman–Crippen LogP) is 3.21. The molecular weight excluding hydrogens is 388 g/mol. The number of pyridine rings is 1. The Bertz CT molecular complexity index is 933. The summed E-state index contributed by atoms with van der Waals surface area (Å²) in [6.07, 6.45) is 1.12. The molecule has 0 saturated carbocycles. The molecule has 1 saturated heterocycles. The molecule has 3 rings (SSSR count). The minimum Gasteiger partial charge on any atom is -0.478 e. The first kappa shape index (κ1) is 21.2. The molecule has 1 aliphatic heterocycles. The van der Waals surface area contributed by atoms with Gasteiger partial charge in [0.1, 0.15) is 28.5 Å². The summed E-state index contributed by atoms with van der Waals surface area (Å²) in [5.41, 5.74) is 6.25. The first-order chi connectivity index (χ1) is 14.1. The number of piperazine rings is 1. The van der Waals surface area contributed by atoms with E-state index >= 15 is 0 Å². The first-order valence-electron chi connectivity index (χ1n) is 9.62. The van der Waals surface area contributed by atoms with Crippen LogP contribution in [0.3, 0.4) is 0 Å². The zero-order valence-corrected chi connectivity index (χ0v) is 17.3. The van der Waals surface area contributed by atoms with E-state index in [-0.39, 0.29) is 17.4 Å². The van der Waals surface area contributed by atoms with Crippen LogP contribution in [0.4, 0.5) is 16.3 Å². The number of aromatic nitrogens is 1. The van der Waals surface area contributed by atoms with Gasteiger partial charge in [-0.05, 0) is 32.9 Å². The van der Waals surface area contributed by atoms with Crippen LogP contribution in [-0.4, -0.2) is 58.8 Å². The topological polar surface area (TPSA) is 118 Å². The second-order valence-corrected chi connectivity index (χ2v) is 7.93. The quantitative estimate of drug-likeness (QED) is 0.783. The van der Waals surface area contributed by atoms with Crippen molar-refractivity contribution in [2.24, 2.45) is 0 Å². The number of benzene rings is 1. The lowest BCUT2D eigenvalue weighted by molar-refractivity contribution is 0.0240. The molecule has 3 N–H and O–H groups in total. The fourth-order valence-electron chi connectivity index (χ4n) is 3.07. The molecule has 1 aromatic carbocycles. The van der Waals surface area contributed by atoms with Gasteiger partial charge in [0.05, 0.1) is 11.9 Å². The van der Waals surface area contributed by atoms with Crippen LogP contribution < -0.4 is 15.4 Å². The lowest BCUT2D eigenvalue weighted by Gasteiger charge is -2.37. The fourth-order valence-corrected chi connectivity index (χ4v) is 3.07. The van der Waals surface area contributed by atoms with E-state index in [1.807, 2.05) is 25.7 Å². The van der Waals surface area contributed by atoms with Crippen LogP contribution in [0.25, 0.3) is 0 Å². The van der Waals surface area contributed by atoms with Crippen LogP contribution in [0.15, 0.2) is 36.5 Å². The van der Waals surface area contributed by atoms with E-state index in [0.29, 0.717) is 43.4 Å². The van der Waals surface area contributed by atoms with Crippen molar-refractivity contribution in [1.29, 1.82) is 0 Å². The number of carbonyl (C=O) groups is 2. The van der Waals surface area contributed by atoms with Crippen molar-refractivity contribution in [3.05, 3.63) is 42.1 Å². The van der Waals surface area contributed by atoms with E-state index in [1.165, 1.54) is 12.3 Å². The molecule has 0 radical (unpaired) electrons. The third-order valence-corrected chi connectivity index (χ3v) is 4.49.